The van der Waals surface area contributed by atoms with E-state index in [0.29, 0.717) is 19.8 Å². The molecule has 1 aromatic rings. The minimum Gasteiger partial charge on any atom is -0.478 e. The lowest BCUT2D eigenvalue weighted by atomic mass is 10.1. The summed E-state index contributed by atoms with van der Waals surface area (Å²) in [6, 6.07) is 4.78. The predicted octanol–water partition coefficient (Wildman–Crippen LogP) is 2.88. The van der Waals surface area contributed by atoms with E-state index in [2.05, 4.69) is 5.32 Å². The number of hydrogen-bond acceptors (Lipinski definition) is 5. The van der Waals surface area contributed by atoms with Gasteiger partial charge >= 0.3 is 11.9 Å². The van der Waals surface area contributed by atoms with Crippen LogP contribution in [0.4, 0.5) is 0 Å². The van der Waals surface area contributed by atoms with Gasteiger partial charge in [-0.05, 0) is 51.4 Å². The van der Waals surface area contributed by atoms with Gasteiger partial charge in [0, 0.05) is 6.61 Å². The summed E-state index contributed by atoms with van der Waals surface area (Å²) in [5.41, 5.74) is 0.338. The first-order valence-corrected chi connectivity index (χ1v) is 8.09. The molecule has 0 saturated heterocycles. The van der Waals surface area contributed by atoms with Gasteiger partial charge in [-0.3, -0.25) is 4.79 Å². The van der Waals surface area contributed by atoms with Crippen molar-refractivity contribution in [3.05, 3.63) is 34.3 Å². The van der Waals surface area contributed by atoms with Gasteiger partial charge in [-0.15, -0.1) is 0 Å². The number of carboxylic acids is 1. The third-order valence-electron chi connectivity index (χ3n) is 2.86. The van der Waals surface area contributed by atoms with Crippen molar-refractivity contribution in [2.24, 2.45) is 0 Å². The molecule has 0 aromatic heterocycles. The molecule has 0 aliphatic carbocycles. The predicted molar refractivity (Wildman–Crippen MR) is 91.4 cm³/mol. The number of benzene rings is 1. The molecule has 0 saturated carbocycles. The van der Waals surface area contributed by atoms with E-state index in [1.807, 2.05) is 20.8 Å². The Bertz CT molecular complexity index is 569. The summed E-state index contributed by atoms with van der Waals surface area (Å²) in [4.78, 5) is 22.5. The minimum atomic E-state index is -1.06. The number of rotatable bonds is 9. The Morgan fingerprint density at radius 3 is 2.62 bits per heavy atom. The quantitative estimate of drug-likeness (QED) is 0.522. The Balaban J connectivity index is 2.18. The second-order valence-corrected chi connectivity index (χ2v) is 6.70. The molecule has 0 spiro atoms. The van der Waals surface area contributed by atoms with E-state index < -0.39 is 11.6 Å². The number of halogens is 1. The standard InChI is InChI=1S/C17H24ClNO5/c1-17(2,3)24-15(20)10-19-7-4-8-23-11-12-5-6-14(18)13(9-12)16(21)22/h5-6,9,19H,4,7-8,10-11H2,1-3H3,(H,21,22). The largest absolute Gasteiger partial charge is 0.478 e. The zero-order valence-electron chi connectivity index (χ0n) is 14.2. The highest BCUT2D eigenvalue weighted by molar-refractivity contribution is 6.33. The maximum atomic E-state index is 11.5. The maximum absolute atomic E-state index is 11.5. The molecule has 6 nitrogen and oxygen atoms in total. The first-order valence-electron chi connectivity index (χ1n) is 7.71. The summed E-state index contributed by atoms with van der Waals surface area (Å²) in [5, 5.41) is 12.2. The molecule has 7 heteroatoms. The van der Waals surface area contributed by atoms with Gasteiger partial charge in [0.25, 0.3) is 0 Å². The molecular weight excluding hydrogens is 334 g/mol. The Morgan fingerprint density at radius 1 is 1.29 bits per heavy atom. The third-order valence-corrected chi connectivity index (χ3v) is 3.19. The number of aromatic carboxylic acids is 1. The molecule has 134 valence electrons. The SMILES string of the molecule is CC(C)(C)OC(=O)CNCCCOCc1ccc(Cl)c(C(=O)O)c1. The Morgan fingerprint density at radius 2 is 2.00 bits per heavy atom. The number of nitrogens with one attached hydrogen (secondary N) is 1. The average molecular weight is 358 g/mol. The fraction of sp³-hybridized carbons (Fsp3) is 0.529. The van der Waals surface area contributed by atoms with Crippen molar-refractivity contribution in [3.8, 4) is 0 Å². The number of carbonyl (C=O) groups is 2. The lowest BCUT2D eigenvalue weighted by Gasteiger charge is -2.19. The molecule has 2 N–H and O–H groups in total. The van der Waals surface area contributed by atoms with Gasteiger partial charge in [-0.25, -0.2) is 4.79 Å². The highest BCUT2D eigenvalue weighted by Gasteiger charge is 2.15. The summed E-state index contributed by atoms with van der Waals surface area (Å²) in [5.74, 6) is -1.35. The molecule has 0 amide bonds. The topological polar surface area (TPSA) is 84.9 Å². The van der Waals surface area contributed by atoms with E-state index in [4.69, 9.17) is 26.2 Å². The van der Waals surface area contributed by atoms with Crippen molar-refractivity contribution in [1.29, 1.82) is 0 Å². The Kier molecular flexibility index (Phi) is 8.18. The van der Waals surface area contributed by atoms with Crippen LogP contribution < -0.4 is 5.32 Å². The van der Waals surface area contributed by atoms with Crippen molar-refractivity contribution in [2.75, 3.05) is 19.7 Å². The van der Waals surface area contributed by atoms with Gasteiger partial charge in [0.1, 0.15) is 5.60 Å². The lowest BCUT2D eigenvalue weighted by Crippen LogP contribution is -2.32. The van der Waals surface area contributed by atoms with E-state index in [9.17, 15) is 9.59 Å². The van der Waals surface area contributed by atoms with E-state index in [1.54, 1.807) is 12.1 Å². The fourth-order valence-corrected chi connectivity index (χ4v) is 2.08. The van der Waals surface area contributed by atoms with E-state index in [0.717, 1.165) is 12.0 Å². The second-order valence-electron chi connectivity index (χ2n) is 6.29. The molecule has 24 heavy (non-hydrogen) atoms. The van der Waals surface area contributed by atoms with Crippen molar-refractivity contribution >= 4 is 23.5 Å². The second kappa shape index (κ2) is 9.61. The maximum Gasteiger partial charge on any atom is 0.337 e. The first kappa shape index (κ1) is 20.4. The van der Waals surface area contributed by atoms with Crippen LogP contribution in [0.1, 0.15) is 43.1 Å². The van der Waals surface area contributed by atoms with Crippen LogP contribution in [0.3, 0.4) is 0 Å². The van der Waals surface area contributed by atoms with Gasteiger partial charge in [-0.1, -0.05) is 17.7 Å². The van der Waals surface area contributed by atoms with Gasteiger partial charge in [0.15, 0.2) is 0 Å². The van der Waals surface area contributed by atoms with Crippen molar-refractivity contribution in [3.63, 3.8) is 0 Å². The lowest BCUT2D eigenvalue weighted by molar-refractivity contribution is -0.153. The highest BCUT2D eigenvalue weighted by Crippen LogP contribution is 2.18. The number of carboxylic acid groups (broad SMARTS) is 1. The molecule has 0 atom stereocenters. The molecule has 0 heterocycles. The summed E-state index contributed by atoms with van der Waals surface area (Å²) in [6.07, 6.45) is 0.724. The van der Waals surface area contributed by atoms with Gasteiger partial charge in [0.2, 0.25) is 0 Å². The fourth-order valence-electron chi connectivity index (χ4n) is 1.88. The van der Waals surface area contributed by atoms with Crippen LogP contribution in [0, 0.1) is 0 Å². The number of hydrogen-bond donors (Lipinski definition) is 2. The van der Waals surface area contributed by atoms with Crippen LogP contribution >= 0.6 is 11.6 Å². The molecule has 0 bridgehead atoms. The smallest absolute Gasteiger partial charge is 0.337 e. The van der Waals surface area contributed by atoms with Crippen LogP contribution in [-0.2, 0) is 20.9 Å². The third kappa shape index (κ3) is 8.29. The first-order chi connectivity index (χ1) is 11.2. The van der Waals surface area contributed by atoms with Gasteiger partial charge in [0.05, 0.1) is 23.7 Å². The zero-order chi connectivity index (χ0) is 18.2. The van der Waals surface area contributed by atoms with Crippen LogP contribution in [0.2, 0.25) is 5.02 Å². The molecule has 0 aliphatic rings. The monoisotopic (exact) mass is 357 g/mol. The number of ether oxygens (including phenoxy) is 2. The highest BCUT2D eigenvalue weighted by atomic mass is 35.5. The molecule has 0 unspecified atom stereocenters. The van der Waals surface area contributed by atoms with Gasteiger partial charge < -0.3 is 19.9 Å². The Hall–Kier alpha value is -1.63. The average Bonchev–Trinajstić information content (AvgIpc) is 2.45. The van der Waals surface area contributed by atoms with Crippen LogP contribution in [0.25, 0.3) is 0 Å². The van der Waals surface area contributed by atoms with Gasteiger partial charge in [-0.2, -0.15) is 0 Å². The molecule has 1 aromatic carbocycles. The zero-order valence-corrected chi connectivity index (χ0v) is 15.0. The summed E-state index contributed by atoms with van der Waals surface area (Å²) < 4.78 is 10.7. The van der Waals surface area contributed by atoms with E-state index >= 15 is 0 Å². The molecule has 0 fully saturated rings. The summed E-state index contributed by atoms with van der Waals surface area (Å²) >= 11 is 5.81. The summed E-state index contributed by atoms with van der Waals surface area (Å²) in [6.45, 7) is 7.06. The number of esters is 1. The van der Waals surface area contributed by atoms with Crippen LogP contribution in [0.5, 0.6) is 0 Å². The van der Waals surface area contributed by atoms with Crippen molar-refractivity contribution in [2.45, 2.75) is 39.4 Å². The van der Waals surface area contributed by atoms with Crippen molar-refractivity contribution < 1.29 is 24.2 Å². The van der Waals surface area contributed by atoms with E-state index in [-0.39, 0.29) is 23.1 Å². The molecule has 0 aliphatic heterocycles. The Labute approximate surface area is 147 Å². The molecule has 1 rings (SSSR count). The van der Waals surface area contributed by atoms with Crippen molar-refractivity contribution in [1.82, 2.24) is 5.32 Å². The minimum absolute atomic E-state index is 0.0665. The number of carbonyl (C=O) groups excluding carboxylic acids is 1. The normalized spacial score (nSPS) is 11.3. The molecular formula is C17H24ClNO5. The van der Waals surface area contributed by atoms with Crippen LogP contribution in [-0.4, -0.2) is 42.3 Å². The molecule has 0 radical (unpaired) electrons. The van der Waals surface area contributed by atoms with E-state index in [1.165, 1.54) is 6.07 Å². The summed E-state index contributed by atoms with van der Waals surface area (Å²) in [7, 11) is 0. The van der Waals surface area contributed by atoms with Crippen LogP contribution in [0.15, 0.2) is 18.2 Å².